The first-order chi connectivity index (χ1) is 8.79. The zero-order valence-electron chi connectivity index (χ0n) is 9.48. The lowest BCUT2D eigenvalue weighted by atomic mass is 10.3. The molecule has 1 N–H and O–H groups in total. The fourth-order valence-corrected chi connectivity index (χ4v) is 2.49. The summed E-state index contributed by atoms with van der Waals surface area (Å²) in [5.74, 6) is -1.85. The van der Waals surface area contributed by atoms with Gasteiger partial charge in [0, 0.05) is 24.8 Å². The Kier molecular flexibility index (Phi) is 3.23. The Bertz CT molecular complexity index is 645. The summed E-state index contributed by atoms with van der Waals surface area (Å²) in [6.45, 7) is -0.333. The first-order valence-corrected chi connectivity index (χ1v) is 6.67. The van der Waals surface area contributed by atoms with Gasteiger partial charge in [-0.3, -0.25) is 4.79 Å². The third-order valence-corrected chi connectivity index (χ3v) is 3.87. The number of carbonyl (C=O) groups is 2. The van der Waals surface area contributed by atoms with Crippen molar-refractivity contribution in [1.29, 1.82) is 0 Å². The highest BCUT2D eigenvalue weighted by Gasteiger charge is 2.39. The number of hydrogen-bond acceptors (Lipinski definition) is 5. The van der Waals surface area contributed by atoms with E-state index >= 15 is 0 Å². The molecule has 1 aliphatic rings. The fraction of sp³-hybridized carbons (Fsp3) is 0.300. The lowest BCUT2D eigenvalue weighted by Crippen LogP contribution is -2.27. The predicted molar refractivity (Wildman–Crippen MR) is 62.0 cm³/mol. The van der Waals surface area contributed by atoms with Gasteiger partial charge in [-0.1, -0.05) is 0 Å². The Morgan fingerprint density at radius 1 is 1.53 bits per heavy atom. The molecule has 0 aromatic carbocycles. The number of pyridine rings is 1. The number of hydrogen-bond donors (Lipinski definition) is 1. The fourth-order valence-electron chi connectivity index (χ4n) is 1.82. The molecule has 1 atom stereocenters. The Morgan fingerprint density at radius 2 is 2.21 bits per heavy atom. The standard InChI is InChI=1S/C10H9FN2O5S/c11-19(17,18)7-4-9(14)13(5-7)6-1-2-12-8(3-6)10(15)16/h1-3,7H,4-5H2,(H,15,16). The number of carbonyl (C=O) groups excluding carboxylic acids is 1. The number of aromatic nitrogens is 1. The number of amides is 1. The summed E-state index contributed by atoms with van der Waals surface area (Å²) in [7, 11) is -4.80. The van der Waals surface area contributed by atoms with Crippen LogP contribution < -0.4 is 4.90 Å². The van der Waals surface area contributed by atoms with E-state index in [1.807, 2.05) is 0 Å². The van der Waals surface area contributed by atoms with Crippen molar-refractivity contribution in [2.75, 3.05) is 11.4 Å². The van der Waals surface area contributed by atoms with Crippen molar-refractivity contribution < 1.29 is 27.0 Å². The summed E-state index contributed by atoms with van der Waals surface area (Å²) >= 11 is 0. The van der Waals surface area contributed by atoms with Gasteiger partial charge in [-0.25, -0.2) is 9.78 Å². The van der Waals surface area contributed by atoms with E-state index in [1.165, 1.54) is 12.3 Å². The van der Waals surface area contributed by atoms with Crippen molar-refractivity contribution >= 4 is 27.8 Å². The van der Waals surface area contributed by atoms with Crippen molar-refractivity contribution in [3.8, 4) is 0 Å². The highest BCUT2D eigenvalue weighted by atomic mass is 32.3. The number of aromatic carboxylic acids is 1. The van der Waals surface area contributed by atoms with Crippen LogP contribution in [0, 0.1) is 0 Å². The normalized spacial score (nSPS) is 19.7. The number of rotatable bonds is 3. The monoisotopic (exact) mass is 288 g/mol. The molecule has 0 radical (unpaired) electrons. The van der Waals surface area contributed by atoms with Gasteiger partial charge in [0.15, 0.2) is 0 Å². The minimum absolute atomic E-state index is 0.184. The van der Waals surface area contributed by atoms with Crippen LogP contribution in [0.3, 0.4) is 0 Å². The Balaban J connectivity index is 2.31. The molecule has 0 aliphatic carbocycles. The molecule has 19 heavy (non-hydrogen) atoms. The van der Waals surface area contributed by atoms with Crippen LogP contribution in [0.2, 0.25) is 0 Å². The molecular formula is C10H9FN2O5S. The smallest absolute Gasteiger partial charge is 0.354 e. The molecule has 1 fully saturated rings. The topological polar surface area (TPSA) is 105 Å². The largest absolute Gasteiger partial charge is 0.477 e. The molecule has 1 saturated heterocycles. The van der Waals surface area contributed by atoms with Crippen molar-refractivity contribution in [2.24, 2.45) is 0 Å². The second-order valence-electron chi connectivity index (χ2n) is 4.01. The number of halogens is 1. The van der Waals surface area contributed by atoms with Crippen LogP contribution in [0.1, 0.15) is 16.9 Å². The summed E-state index contributed by atoms with van der Waals surface area (Å²) in [5, 5.41) is 7.36. The molecule has 0 spiro atoms. The molecule has 2 heterocycles. The first-order valence-electron chi connectivity index (χ1n) is 5.22. The van der Waals surface area contributed by atoms with Gasteiger partial charge < -0.3 is 10.0 Å². The average Bonchev–Trinajstić information content (AvgIpc) is 2.71. The average molecular weight is 288 g/mol. The zero-order chi connectivity index (χ0) is 14.2. The van der Waals surface area contributed by atoms with Crippen LogP contribution in [-0.2, 0) is 15.0 Å². The van der Waals surface area contributed by atoms with Gasteiger partial charge in [-0.05, 0) is 12.1 Å². The van der Waals surface area contributed by atoms with Gasteiger partial charge in [0.2, 0.25) is 5.91 Å². The van der Waals surface area contributed by atoms with E-state index in [2.05, 4.69) is 4.98 Å². The van der Waals surface area contributed by atoms with Crippen LogP contribution in [0.4, 0.5) is 9.57 Å². The van der Waals surface area contributed by atoms with Gasteiger partial charge in [0.1, 0.15) is 10.9 Å². The SMILES string of the molecule is O=C(O)c1cc(N2CC(S(=O)(=O)F)CC2=O)ccn1. The molecule has 102 valence electrons. The van der Waals surface area contributed by atoms with Gasteiger partial charge in [0.25, 0.3) is 0 Å². The number of nitrogens with zero attached hydrogens (tertiary/aromatic N) is 2. The number of carboxylic acid groups (broad SMARTS) is 1. The molecule has 0 bridgehead atoms. The van der Waals surface area contributed by atoms with Crippen LogP contribution in [-0.4, -0.2) is 42.2 Å². The van der Waals surface area contributed by atoms with E-state index in [0.717, 1.165) is 11.0 Å². The van der Waals surface area contributed by atoms with E-state index in [4.69, 9.17) is 5.11 Å². The highest BCUT2D eigenvalue weighted by Crippen LogP contribution is 2.25. The van der Waals surface area contributed by atoms with Crippen LogP contribution in [0.15, 0.2) is 18.3 Å². The minimum atomic E-state index is -4.80. The van der Waals surface area contributed by atoms with E-state index in [1.54, 1.807) is 0 Å². The maximum Gasteiger partial charge on any atom is 0.354 e. The third-order valence-electron chi connectivity index (χ3n) is 2.76. The quantitative estimate of drug-likeness (QED) is 0.796. The van der Waals surface area contributed by atoms with Crippen LogP contribution in [0.25, 0.3) is 0 Å². The van der Waals surface area contributed by atoms with Crippen molar-refractivity contribution in [2.45, 2.75) is 11.7 Å². The molecule has 9 heteroatoms. The lowest BCUT2D eigenvalue weighted by Gasteiger charge is -2.15. The highest BCUT2D eigenvalue weighted by molar-refractivity contribution is 7.87. The molecular weight excluding hydrogens is 279 g/mol. The van der Waals surface area contributed by atoms with Crippen molar-refractivity contribution in [3.05, 3.63) is 24.0 Å². The summed E-state index contributed by atoms with van der Waals surface area (Å²) in [4.78, 5) is 27.0. The lowest BCUT2D eigenvalue weighted by molar-refractivity contribution is -0.117. The van der Waals surface area contributed by atoms with E-state index in [-0.39, 0.29) is 17.9 Å². The maximum atomic E-state index is 12.9. The van der Waals surface area contributed by atoms with E-state index < -0.39 is 33.8 Å². The summed E-state index contributed by atoms with van der Waals surface area (Å²) < 4.78 is 34.4. The molecule has 1 aromatic heterocycles. The van der Waals surface area contributed by atoms with Gasteiger partial charge in [0.05, 0.1) is 0 Å². The van der Waals surface area contributed by atoms with Gasteiger partial charge in [-0.2, -0.15) is 8.42 Å². The minimum Gasteiger partial charge on any atom is -0.477 e. The predicted octanol–water partition coefficient (Wildman–Crippen LogP) is 0.184. The Labute approximate surface area is 107 Å². The van der Waals surface area contributed by atoms with Gasteiger partial charge >= 0.3 is 16.2 Å². The summed E-state index contributed by atoms with van der Waals surface area (Å²) in [5.41, 5.74) is -0.0968. The van der Waals surface area contributed by atoms with Crippen molar-refractivity contribution in [3.63, 3.8) is 0 Å². The number of carboxylic acids is 1. The molecule has 1 amide bonds. The third kappa shape index (κ3) is 2.70. The van der Waals surface area contributed by atoms with E-state index in [9.17, 15) is 21.9 Å². The molecule has 0 saturated carbocycles. The van der Waals surface area contributed by atoms with Crippen LogP contribution in [0.5, 0.6) is 0 Å². The zero-order valence-corrected chi connectivity index (χ0v) is 10.3. The van der Waals surface area contributed by atoms with E-state index in [0.29, 0.717) is 0 Å². The molecule has 1 aromatic rings. The molecule has 1 unspecified atom stereocenters. The summed E-state index contributed by atoms with van der Waals surface area (Å²) in [6, 6.07) is 2.49. The molecule has 2 rings (SSSR count). The van der Waals surface area contributed by atoms with Gasteiger partial charge in [-0.15, -0.1) is 3.89 Å². The molecule has 7 nitrogen and oxygen atoms in total. The van der Waals surface area contributed by atoms with Crippen molar-refractivity contribution in [1.82, 2.24) is 4.98 Å². The second kappa shape index (κ2) is 4.57. The summed E-state index contributed by atoms with van der Waals surface area (Å²) in [6.07, 6.45) is 0.729. The Hall–Kier alpha value is -2.03. The Morgan fingerprint density at radius 3 is 2.74 bits per heavy atom. The number of anilines is 1. The molecule has 1 aliphatic heterocycles. The van der Waals surface area contributed by atoms with Crippen LogP contribution >= 0.6 is 0 Å². The maximum absolute atomic E-state index is 12.9. The second-order valence-corrected chi connectivity index (χ2v) is 5.63. The first kappa shape index (κ1) is 13.4.